The number of aryl methyl sites for hydroxylation is 1. The molecule has 0 radical (unpaired) electrons. The van der Waals surface area contributed by atoms with Crippen LogP contribution in [0.25, 0.3) is 10.9 Å². The standard InChI is InChI=1S/C15H21ClN2/c1-10-11(8-9-17-15(2,3)4)12-6-5-7-13(16)14(12)18-10/h5-7,17-18H,8-9H2,1-4H3. The number of benzene rings is 1. The van der Waals surface area contributed by atoms with Crippen LogP contribution in [0, 0.1) is 6.92 Å². The molecule has 0 atom stereocenters. The summed E-state index contributed by atoms with van der Waals surface area (Å²) in [7, 11) is 0. The molecule has 0 bridgehead atoms. The highest BCUT2D eigenvalue weighted by atomic mass is 35.5. The molecule has 0 aliphatic rings. The number of aromatic amines is 1. The first kappa shape index (κ1) is 13.4. The maximum Gasteiger partial charge on any atom is 0.0648 e. The van der Waals surface area contributed by atoms with Crippen LogP contribution < -0.4 is 5.32 Å². The number of halogens is 1. The Labute approximate surface area is 114 Å². The molecule has 0 aliphatic heterocycles. The van der Waals surface area contributed by atoms with Crippen LogP contribution in [0.15, 0.2) is 18.2 Å². The third-order valence-corrected chi connectivity index (χ3v) is 3.45. The van der Waals surface area contributed by atoms with Gasteiger partial charge in [-0.15, -0.1) is 0 Å². The highest BCUT2D eigenvalue weighted by Gasteiger charge is 2.12. The Kier molecular flexibility index (Phi) is 3.69. The van der Waals surface area contributed by atoms with Gasteiger partial charge in [-0.1, -0.05) is 23.7 Å². The molecule has 0 saturated heterocycles. The Morgan fingerprint density at radius 2 is 2.00 bits per heavy atom. The zero-order valence-electron chi connectivity index (χ0n) is 11.5. The van der Waals surface area contributed by atoms with E-state index in [4.69, 9.17) is 11.6 Å². The minimum Gasteiger partial charge on any atom is -0.357 e. The van der Waals surface area contributed by atoms with Gasteiger partial charge in [0, 0.05) is 16.6 Å². The minimum absolute atomic E-state index is 0.164. The number of para-hydroxylation sites is 1. The number of aromatic nitrogens is 1. The highest BCUT2D eigenvalue weighted by molar-refractivity contribution is 6.35. The van der Waals surface area contributed by atoms with Gasteiger partial charge in [-0.25, -0.2) is 0 Å². The summed E-state index contributed by atoms with van der Waals surface area (Å²) in [5.41, 5.74) is 3.80. The SMILES string of the molecule is Cc1[nH]c2c(Cl)cccc2c1CCNC(C)(C)C. The van der Waals surface area contributed by atoms with Gasteiger partial charge in [-0.2, -0.15) is 0 Å². The third kappa shape index (κ3) is 2.88. The van der Waals surface area contributed by atoms with Gasteiger partial charge < -0.3 is 10.3 Å². The Bertz CT molecular complexity index is 549. The summed E-state index contributed by atoms with van der Waals surface area (Å²) >= 11 is 6.20. The molecule has 1 heterocycles. The molecule has 1 aromatic heterocycles. The Morgan fingerprint density at radius 1 is 1.28 bits per heavy atom. The quantitative estimate of drug-likeness (QED) is 0.860. The minimum atomic E-state index is 0.164. The molecule has 2 N–H and O–H groups in total. The van der Waals surface area contributed by atoms with Crippen molar-refractivity contribution in [2.24, 2.45) is 0 Å². The Balaban J connectivity index is 2.23. The van der Waals surface area contributed by atoms with Gasteiger partial charge in [0.05, 0.1) is 10.5 Å². The molecular weight excluding hydrogens is 244 g/mol. The first-order valence-electron chi connectivity index (χ1n) is 6.39. The van der Waals surface area contributed by atoms with Crippen molar-refractivity contribution in [2.45, 2.75) is 39.7 Å². The van der Waals surface area contributed by atoms with Gasteiger partial charge in [0.2, 0.25) is 0 Å². The molecule has 3 heteroatoms. The first-order chi connectivity index (χ1) is 8.38. The molecule has 0 unspecified atom stereocenters. The fourth-order valence-corrected chi connectivity index (χ4v) is 2.47. The lowest BCUT2D eigenvalue weighted by Crippen LogP contribution is -2.37. The lowest BCUT2D eigenvalue weighted by atomic mass is 10.1. The van der Waals surface area contributed by atoms with Gasteiger partial charge in [0.1, 0.15) is 0 Å². The molecule has 18 heavy (non-hydrogen) atoms. The summed E-state index contributed by atoms with van der Waals surface area (Å²) in [5.74, 6) is 0. The zero-order valence-corrected chi connectivity index (χ0v) is 12.3. The lowest BCUT2D eigenvalue weighted by molar-refractivity contribution is 0.429. The summed E-state index contributed by atoms with van der Waals surface area (Å²) in [4.78, 5) is 3.38. The van der Waals surface area contributed by atoms with Crippen molar-refractivity contribution in [3.63, 3.8) is 0 Å². The van der Waals surface area contributed by atoms with Crippen molar-refractivity contribution < 1.29 is 0 Å². The van der Waals surface area contributed by atoms with Crippen LogP contribution in [-0.2, 0) is 6.42 Å². The van der Waals surface area contributed by atoms with Crippen molar-refractivity contribution in [1.82, 2.24) is 10.3 Å². The van der Waals surface area contributed by atoms with E-state index in [1.807, 2.05) is 12.1 Å². The van der Waals surface area contributed by atoms with Crippen molar-refractivity contribution in [3.8, 4) is 0 Å². The van der Waals surface area contributed by atoms with Gasteiger partial charge in [-0.3, -0.25) is 0 Å². The second-order valence-electron chi connectivity index (χ2n) is 5.82. The van der Waals surface area contributed by atoms with Crippen LogP contribution in [0.1, 0.15) is 32.0 Å². The molecular formula is C15H21ClN2. The highest BCUT2D eigenvalue weighted by Crippen LogP contribution is 2.28. The Morgan fingerprint density at radius 3 is 2.67 bits per heavy atom. The van der Waals surface area contributed by atoms with Crippen LogP contribution in [0.2, 0.25) is 5.02 Å². The molecule has 1 aromatic carbocycles. The number of fused-ring (bicyclic) bond motifs is 1. The largest absolute Gasteiger partial charge is 0.357 e. The summed E-state index contributed by atoms with van der Waals surface area (Å²) in [5, 5.41) is 5.56. The van der Waals surface area contributed by atoms with Crippen molar-refractivity contribution >= 4 is 22.5 Å². The van der Waals surface area contributed by atoms with Crippen molar-refractivity contribution in [3.05, 3.63) is 34.5 Å². The van der Waals surface area contributed by atoms with Crippen LogP contribution in [0.5, 0.6) is 0 Å². The molecule has 0 aliphatic carbocycles. The number of hydrogen-bond acceptors (Lipinski definition) is 1. The fourth-order valence-electron chi connectivity index (χ4n) is 2.25. The average molecular weight is 265 g/mol. The molecule has 98 valence electrons. The topological polar surface area (TPSA) is 27.8 Å². The van der Waals surface area contributed by atoms with Crippen LogP contribution in [0.3, 0.4) is 0 Å². The number of hydrogen-bond donors (Lipinski definition) is 2. The molecule has 0 fully saturated rings. The van der Waals surface area contributed by atoms with E-state index in [9.17, 15) is 0 Å². The maximum absolute atomic E-state index is 6.20. The number of H-pyrrole nitrogens is 1. The predicted octanol–water partition coefficient (Wildman–Crippen LogP) is 4.06. The normalized spacial score (nSPS) is 12.3. The number of rotatable bonds is 3. The van der Waals surface area contributed by atoms with Crippen molar-refractivity contribution in [2.75, 3.05) is 6.54 Å². The van der Waals surface area contributed by atoms with Crippen molar-refractivity contribution in [1.29, 1.82) is 0 Å². The second-order valence-corrected chi connectivity index (χ2v) is 6.22. The zero-order chi connectivity index (χ0) is 13.3. The maximum atomic E-state index is 6.20. The molecule has 2 rings (SSSR count). The Hall–Kier alpha value is -0.990. The summed E-state index contributed by atoms with van der Waals surface area (Å²) < 4.78 is 0. The van der Waals surface area contributed by atoms with E-state index in [1.165, 1.54) is 16.6 Å². The monoisotopic (exact) mass is 264 g/mol. The second kappa shape index (κ2) is 4.94. The predicted molar refractivity (Wildman–Crippen MR) is 79.5 cm³/mol. The van der Waals surface area contributed by atoms with E-state index < -0.39 is 0 Å². The average Bonchev–Trinajstić information content (AvgIpc) is 2.56. The molecule has 0 amide bonds. The van der Waals surface area contributed by atoms with E-state index in [0.29, 0.717) is 0 Å². The summed E-state index contributed by atoms with van der Waals surface area (Å²) in [6.07, 6.45) is 1.02. The van der Waals surface area contributed by atoms with Gasteiger partial charge in [0.15, 0.2) is 0 Å². The van der Waals surface area contributed by atoms with Crippen LogP contribution in [-0.4, -0.2) is 17.1 Å². The first-order valence-corrected chi connectivity index (χ1v) is 6.77. The van der Waals surface area contributed by atoms with E-state index in [1.54, 1.807) is 0 Å². The fraction of sp³-hybridized carbons (Fsp3) is 0.467. The smallest absolute Gasteiger partial charge is 0.0648 e. The molecule has 0 spiro atoms. The molecule has 2 aromatic rings. The molecule has 2 nitrogen and oxygen atoms in total. The van der Waals surface area contributed by atoms with Gasteiger partial charge >= 0.3 is 0 Å². The third-order valence-electron chi connectivity index (χ3n) is 3.13. The van der Waals surface area contributed by atoms with E-state index in [2.05, 4.69) is 44.1 Å². The number of nitrogens with one attached hydrogen (secondary N) is 2. The summed E-state index contributed by atoms with van der Waals surface area (Å²) in [6.45, 7) is 9.65. The van der Waals surface area contributed by atoms with E-state index in [0.717, 1.165) is 23.5 Å². The lowest BCUT2D eigenvalue weighted by Gasteiger charge is -2.20. The van der Waals surface area contributed by atoms with Crippen LogP contribution in [0.4, 0.5) is 0 Å². The van der Waals surface area contributed by atoms with Gasteiger partial charge in [0.25, 0.3) is 0 Å². The van der Waals surface area contributed by atoms with E-state index >= 15 is 0 Å². The summed E-state index contributed by atoms with van der Waals surface area (Å²) in [6, 6.07) is 6.08. The van der Waals surface area contributed by atoms with E-state index in [-0.39, 0.29) is 5.54 Å². The molecule has 0 saturated carbocycles. The van der Waals surface area contributed by atoms with Gasteiger partial charge in [-0.05, 0) is 52.3 Å². The van der Waals surface area contributed by atoms with Crippen LogP contribution >= 0.6 is 11.6 Å².